The van der Waals surface area contributed by atoms with Crippen LogP contribution in [0.1, 0.15) is 72.1 Å². The Bertz CT molecular complexity index is 533. The van der Waals surface area contributed by atoms with Gasteiger partial charge in [0.1, 0.15) is 6.10 Å². The predicted molar refractivity (Wildman–Crippen MR) is 95.0 cm³/mol. The van der Waals surface area contributed by atoms with Gasteiger partial charge in [0.25, 0.3) is 0 Å². The predicted octanol–water partition coefficient (Wildman–Crippen LogP) is 2.04. The number of nitrogens with zero attached hydrogens (tertiary/aromatic N) is 2. The molecule has 1 aliphatic rings. The van der Waals surface area contributed by atoms with Crippen LogP contribution in [0, 0.1) is 0 Å². The number of hydrogen-bond acceptors (Lipinski definition) is 6. The van der Waals surface area contributed by atoms with Crippen LogP contribution in [0.3, 0.4) is 0 Å². The Kier molecular flexibility index (Phi) is 9.42. The highest BCUT2D eigenvalue weighted by atomic mass is 16.5. The lowest BCUT2D eigenvalue weighted by atomic mass is 9.96. The SMILES string of the molecule is CCCC/C(CC)=N/NC(=O)C(=O)NN=C1CCC(OC(C)=O)CC1. The van der Waals surface area contributed by atoms with Crippen LogP contribution < -0.4 is 10.9 Å². The van der Waals surface area contributed by atoms with E-state index in [2.05, 4.69) is 28.0 Å². The Morgan fingerprint density at radius 3 is 2.32 bits per heavy atom. The van der Waals surface area contributed by atoms with Crippen molar-refractivity contribution in [3.8, 4) is 0 Å². The van der Waals surface area contributed by atoms with Crippen LogP contribution in [0.25, 0.3) is 0 Å². The summed E-state index contributed by atoms with van der Waals surface area (Å²) in [6.07, 6.45) is 6.06. The lowest BCUT2D eigenvalue weighted by Gasteiger charge is -2.22. The standard InChI is InChI=1S/C17H28N4O4/c1-4-6-7-13(5-2)18-20-16(23)17(24)21-19-14-8-10-15(11-9-14)25-12(3)22/h15H,4-11H2,1-3H3,(H,20,23)(H,21,24)/b18-13+,19-14?. The van der Waals surface area contributed by atoms with Gasteiger partial charge in [0.15, 0.2) is 0 Å². The van der Waals surface area contributed by atoms with E-state index in [-0.39, 0.29) is 12.1 Å². The molecule has 0 aromatic carbocycles. The maximum Gasteiger partial charge on any atom is 0.331 e. The van der Waals surface area contributed by atoms with Crippen LogP contribution >= 0.6 is 0 Å². The van der Waals surface area contributed by atoms with Gasteiger partial charge < -0.3 is 4.74 Å². The maximum absolute atomic E-state index is 11.7. The van der Waals surface area contributed by atoms with Crippen molar-refractivity contribution < 1.29 is 19.1 Å². The van der Waals surface area contributed by atoms with Crippen molar-refractivity contribution in [2.24, 2.45) is 10.2 Å². The van der Waals surface area contributed by atoms with Gasteiger partial charge in [-0.2, -0.15) is 10.2 Å². The molecule has 140 valence electrons. The van der Waals surface area contributed by atoms with Crippen LogP contribution in [0.4, 0.5) is 0 Å². The summed E-state index contributed by atoms with van der Waals surface area (Å²) < 4.78 is 5.14. The number of nitrogens with one attached hydrogen (secondary N) is 2. The lowest BCUT2D eigenvalue weighted by molar-refractivity contribution is -0.147. The zero-order valence-corrected chi connectivity index (χ0v) is 15.3. The summed E-state index contributed by atoms with van der Waals surface area (Å²) >= 11 is 0. The van der Waals surface area contributed by atoms with Crippen molar-refractivity contribution in [2.45, 2.75) is 78.2 Å². The number of rotatable bonds is 7. The number of esters is 1. The molecular weight excluding hydrogens is 324 g/mol. The highest BCUT2D eigenvalue weighted by molar-refractivity contribution is 6.35. The molecule has 1 aliphatic carbocycles. The van der Waals surface area contributed by atoms with Crippen LogP contribution in [0.15, 0.2) is 10.2 Å². The number of carbonyl (C=O) groups is 3. The Morgan fingerprint density at radius 2 is 1.76 bits per heavy atom. The molecule has 0 aromatic heterocycles. The zero-order chi connectivity index (χ0) is 18.7. The van der Waals surface area contributed by atoms with E-state index in [1.807, 2.05) is 6.92 Å². The Balaban J connectivity index is 2.39. The van der Waals surface area contributed by atoms with Gasteiger partial charge in [-0.3, -0.25) is 14.4 Å². The molecule has 2 N–H and O–H groups in total. The summed E-state index contributed by atoms with van der Waals surface area (Å²) in [5.41, 5.74) is 6.16. The Labute approximate surface area is 148 Å². The second kappa shape index (κ2) is 11.3. The average Bonchev–Trinajstić information content (AvgIpc) is 2.60. The number of amides is 2. The molecule has 0 atom stereocenters. The van der Waals surface area contributed by atoms with Crippen molar-refractivity contribution in [3.63, 3.8) is 0 Å². The second-order valence-corrected chi connectivity index (χ2v) is 6.00. The van der Waals surface area contributed by atoms with Gasteiger partial charge in [-0.15, -0.1) is 0 Å². The summed E-state index contributed by atoms with van der Waals surface area (Å²) in [4.78, 5) is 34.4. The number of unbranched alkanes of at least 4 members (excludes halogenated alkanes) is 1. The third-order valence-electron chi connectivity index (χ3n) is 3.91. The van der Waals surface area contributed by atoms with Gasteiger partial charge in [-0.25, -0.2) is 10.9 Å². The first-order valence-corrected chi connectivity index (χ1v) is 8.84. The molecule has 0 saturated heterocycles. The fraction of sp³-hybridized carbons (Fsp3) is 0.706. The molecule has 0 aromatic rings. The summed E-state index contributed by atoms with van der Waals surface area (Å²) in [7, 11) is 0. The average molecular weight is 352 g/mol. The lowest BCUT2D eigenvalue weighted by Crippen LogP contribution is -2.36. The van der Waals surface area contributed by atoms with Crippen LogP contribution in [0.2, 0.25) is 0 Å². The van der Waals surface area contributed by atoms with Crippen molar-refractivity contribution in [3.05, 3.63) is 0 Å². The van der Waals surface area contributed by atoms with Crippen LogP contribution in [-0.4, -0.2) is 35.3 Å². The Morgan fingerprint density at radius 1 is 1.12 bits per heavy atom. The summed E-state index contributed by atoms with van der Waals surface area (Å²) in [5, 5.41) is 7.97. The van der Waals surface area contributed by atoms with E-state index < -0.39 is 11.8 Å². The van der Waals surface area contributed by atoms with E-state index in [1.165, 1.54) is 6.92 Å². The highest BCUT2D eigenvalue weighted by Gasteiger charge is 2.20. The second-order valence-electron chi connectivity index (χ2n) is 6.00. The minimum atomic E-state index is -0.843. The van der Waals surface area contributed by atoms with E-state index in [1.54, 1.807) is 0 Å². The quantitative estimate of drug-likeness (QED) is 0.316. The van der Waals surface area contributed by atoms with E-state index >= 15 is 0 Å². The van der Waals surface area contributed by atoms with Gasteiger partial charge >= 0.3 is 17.8 Å². The normalized spacial score (nSPS) is 17.6. The minimum Gasteiger partial charge on any atom is -0.463 e. The fourth-order valence-electron chi connectivity index (χ4n) is 2.44. The first kappa shape index (κ1) is 20.8. The third kappa shape index (κ3) is 8.42. The number of carbonyl (C=O) groups excluding carboxylic acids is 3. The topological polar surface area (TPSA) is 109 Å². The molecule has 1 fully saturated rings. The number of ether oxygens (including phenoxy) is 1. The smallest absolute Gasteiger partial charge is 0.331 e. The van der Waals surface area contributed by atoms with Gasteiger partial charge in [0.05, 0.1) is 0 Å². The van der Waals surface area contributed by atoms with Gasteiger partial charge in [-0.05, 0) is 44.9 Å². The van der Waals surface area contributed by atoms with E-state index in [0.29, 0.717) is 25.7 Å². The molecule has 0 unspecified atom stereocenters. The van der Waals surface area contributed by atoms with Crippen molar-refractivity contribution in [1.82, 2.24) is 10.9 Å². The van der Waals surface area contributed by atoms with Crippen LogP contribution in [-0.2, 0) is 19.1 Å². The molecule has 25 heavy (non-hydrogen) atoms. The van der Waals surface area contributed by atoms with E-state index in [4.69, 9.17) is 4.74 Å². The molecule has 8 nitrogen and oxygen atoms in total. The van der Waals surface area contributed by atoms with Crippen molar-refractivity contribution in [2.75, 3.05) is 0 Å². The third-order valence-corrected chi connectivity index (χ3v) is 3.91. The van der Waals surface area contributed by atoms with Crippen molar-refractivity contribution in [1.29, 1.82) is 0 Å². The van der Waals surface area contributed by atoms with Gasteiger partial charge in [0, 0.05) is 18.3 Å². The molecule has 0 radical (unpaired) electrons. The zero-order valence-electron chi connectivity index (χ0n) is 15.3. The summed E-state index contributed by atoms with van der Waals surface area (Å²) in [6.45, 7) is 5.42. The Hall–Kier alpha value is -2.25. The number of hydrogen-bond donors (Lipinski definition) is 2. The minimum absolute atomic E-state index is 0.0969. The van der Waals surface area contributed by atoms with Gasteiger partial charge in [0.2, 0.25) is 0 Å². The monoisotopic (exact) mass is 352 g/mol. The maximum atomic E-state index is 11.7. The van der Waals surface area contributed by atoms with E-state index in [0.717, 1.165) is 37.1 Å². The molecular formula is C17H28N4O4. The number of hydrazone groups is 2. The summed E-state index contributed by atoms with van der Waals surface area (Å²) in [6, 6.07) is 0. The largest absolute Gasteiger partial charge is 0.463 e. The van der Waals surface area contributed by atoms with Crippen LogP contribution in [0.5, 0.6) is 0 Å². The molecule has 0 aliphatic heterocycles. The summed E-state index contributed by atoms with van der Waals surface area (Å²) in [5.74, 6) is -1.97. The molecule has 0 bridgehead atoms. The first-order valence-electron chi connectivity index (χ1n) is 8.84. The molecule has 8 heteroatoms. The fourth-order valence-corrected chi connectivity index (χ4v) is 2.44. The molecule has 1 saturated carbocycles. The highest BCUT2D eigenvalue weighted by Crippen LogP contribution is 2.18. The molecule has 2 amide bonds. The van der Waals surface area contributed by atoms with E-state index in [9.17, 15) is 14.4 Å². The molecule has 0 spiro atoms. The molecule has 0 heterocycles. The molecule has 1 rings (SSSR count). The first-order chi connectivity index (χ1) is 12.0. The van der Waals surface area contributed by atoms with Crippen molar-refractivity contribution >= 4 is 29.2 Å². The van der Waals surface area contributed by atoms with Gasteiger partial charge in [-0.1, -0.05) is 20.3 Å².